The highest BCUT2D eigenvalue weighted by Crippen LogP contribution is 1.96. The fraction of sp³-hybridized carbons (Fsp3) is 0. The zero-order valence-electron chi connectivity index (χ0n) is 3.59. The minimum atomic E-state index is 0.866. The fourth-order valence-corrected chi connectivity index (χ4v) is 0.754. The van der Waals surface area contributed by atoms with Gasteiger partial charge in [0, 0.05) is 5.38 Å². The average molecular weight is 109 g/mol. The molecule has 0 bridgehead atoms. The Morgan fingerprint density at radius 2 is 2.71 bits per heavy atom. The number of terminal acetylenes is 1. The predicted octanol–water partition coefficient (Wildman–Crippen LogP) is 1.12. The predicted molar refractivity (Wildman–Crippen MR) is 30.0 cm³/mol. The zero-order valence-corrected chi connectivity index (χ0v) is 4.40. The molecule has 0 aliphatic carbocycles. The van der Waals surface area contributed by atoms with Gasteiger partial charge in [-0.15, -0.1) is 6.42 Å². The minimum Gasteiger partial charge on any atom is -0.200 e. The third kappa shape index (κ3) is 0.787. The van der Waals surface area contributed by atoms with Gasteiger partial charge in [-0.3, -0.25) is 0 Å². The van der Waals surface area contributed by atoms with E-state index in [-0.39, 0.29) is 0 Å². The molecule has 1 nitrogen and oxygen atoms in total. The van der Waals surface area contributed by atoms with Crippen LogP contribution in [0.2, 0.25) is 0 Å². The second-order valence-corrected chi connectivity index (χ2v) is 1.71. The van der Waals surface area contributed by atoms with Crippen molar-refractivity contribution in [2.75, 3.05) is 0 Å². The Balaban J connectivity index is 3.04. The Kier molecular flexibility index (Phi) is 1.10. The Hall–Kier alpha value is -0.810. The van der Waals surface area contributed by atoms with E-state index in [0.29, 0.717) is 0 Å². The van der Waals surface area contributed by atoms with Gasteiger partial charge in [-0.25, -0.2) is 0 Å². The Bertz CT molecular complexity index is 170. The summed E-state index contributed by atoms with van der Waals surface area (Å²) in [6.07, 6.45) is 6.68. The largest absolute Gasteiger partial charge is 0.200 e. The van der Waals surface area contributed by atoms with E-state index in [2.05, 4.69) is 10.3 Å². The Labute approximate surface area is 46.2 Å². The first-order valence-electron chi connectivity index (χ1n) is 1.79. The summed E-state index contributed by atoms with van der Waals surface area (Å²) in [5, 5.41) is 1.83. The topological polar surface area (TPSA) is 12.9 Å². The van der Waals surface area contributed by atoms with E-state index >= 15 is 0 Å². The normalized spacial score (nSPS) is 7.86. The molecular formula is C5H3NS. The maximum atomic E-state index is 5.01. The molecule has 0 N–H and O–H groups in total. The highest BCUT2D eigenvalue weighted by Gasteiger charge is 1.80. The van der Waals surface area contributed by atoms with Crippen molar-refractivity contribution in [3.8, 4) is 12.3 Å². The number of hydrogen-bond donors (Lipinski definition) is 0. The Morgan fingerprint density at radius 1 is 1.86 bits per heavy atom. The molecule has 0 unspecified atom stereocenters. The molecule has 0 aromatic carbocycles. The summed E-state index contributed by atoms with van der Waals surface area (Å²) in [5.41, 5.74) is 0.866. The summed E-state index contributed by atoms with van der Waals surface area (Å²) in [5.74, 6) is 2.45. The molecule has 0 aliphatic rings. The van der Waals surface area contributed by atoms with Crippen LogP contribution in [0.4, 0.5) is 0 Å². The van der Waals surface area contributed by atoms with Crippen LogP contribution in [-0.2, 0) is 0 Å². The van der Waals surface area contributed by atoms with Crippen molar-refractivity contribution in [1.82, 2.24) is 4.37 Å². The van der Waals surface area contributed by atoms with Crippen molar-refractivity contribution in [2.45, 2.75) is 0 Å². The third-order valence-corrected chi connectivity index (χ3v) is 1.19. The first-order chi connectivity index (χ1) is 3.43. The summed E-state index contributed by atoms with van der Waals surface area (Å²) < 4.78 is 3.79. The van der Waals surface area contributed by atoms with E-state index in [1.807, 2.05) is 5.38 Å². The third-order valence-electron chi connectivity index (χ3n) is 0.599. The molecule has 2 heteroatoms. The number of rotatable bonds is 0. The maximum absolute atomic E-state index is 5.01. The van der Waals surface area contributed by atoms with Crippen LogP contribution in [0.15, 0.2) is 11.6 Å². The second kappa shape index (κ2) is 1.76. The minimum absolute atomic E-state index is 0.866. The van der Waals surface area contributed by atoms with E-state index in [4.69, 9.17) is 6.42 Å². The van der Waals surface area contributed by atoms with Gasteiger partial charge in [-0.05, 0) is 11.5 Å². The van der Waals surface area contributed by atoms with Gasteiger partial charge in [0.15, 0.2) is 0 Å². The lowest BCUT2D eigenvalue weighted by atomic mass is 10.4. The van der Waals surface area contributed by atoms with Crippen molar-refractivity contribution in [3.05, 3.63) is 17.1 Å². The summed E-state index contributed by atoms with van der Waals surface area (Å²) in [6, 6.07) is 0. The molecule has 1 aromatic rings. The van der Waals surface area contributed by atoms with Crippen LogP contribution in [-0.4, -0.2) is 4.37 Å². The summed E-state index contributed by atoms with van der Waals surface area (Å²) >= 11 is 1.37. The van der Waals surface area contributed by atoms with Crippen molar-refractivity contribution in [1.29, 1.82) is 0 Å². The van der Waals surface area contributed by atoms with Crippen LogP contribution in [0.25, 0.3) is 0 Å². The zero-order chi connectivity index (χ0) is 5.11. The molecule has 7 heavy (non-hydrogen) atoms. The van der Waals surface area contributed by atoms with Crippen LogP contribution in [0.1, 0.15) is 5.56 Å². The molecule has 0 saturated heterocycles. The molecular weight excluding hydrogens is 106 g/mol. The Morgan fingerprint density at radius 3 is 3.00 bits per heavy atom. The van der Waals surface area contributed by atoms with Crippen LogP contribution in [0, 0.1) is 12.3 Å². The first kappa shape index (κ1) is 4.35. The monoisotopic (exact) mass is 109 g/mol. The number of nitrogens with zero attached hydrogens (tertiary/aromatic N) is 1. The van der Waals surface area contributed by atoms with Crippen molar-refractivity contribution >= 4 is 11.5 Å². The van der Waals surface area contributed by atoms with E-state index in [0.717, 1.165) is 5.56 Å². The first-order valence-corrected chi connectivity index (χ1v) is 2.63. The molecule has 1 heterocycles. The summed E-state index contributed by atoms with van der Waals surface area (Å²) in [4.78, 5) is 0. The van der Waals surface area contributed by atoms with Gasteiger partial charge in [0.1, 0.15) is 0 Å². The SMILES string of the molecule is C#Cc1cnsc1. The second-order valence-electron chi connectivity index (χ2n) is 1.06. The van der Waals surface area contributed by atoms with Gasteiger partial charge in [0.05, 0.1) is 11.8 Å². The van der Waals surface area contributed by atoms with Crippen molar-refractivity contribution in [2.24, 2.45) is 0 Å². The van der Waals surface area contributed by atoms with Crippen LogP contribution in [0.5, 0.6) is 0 Å². The lowest BCUT2D eigenvalue weighted by Gasteiger charge is -1.64. The lowest BCUT2D eigenvalue weighted by molar-refractivity contribution is 1.56. The number of hydrogen-bond acceptors (Lipinski definition) is 2. The molecule has 0 spiro atoms. The standard InChI is InChI=1S/C5H3NS/c1-2-5-3-6-7-4-5/h1,3-4H. The lowest BCUT2D eigenvalue weighted by Crippen LogP contribution is -1.56. The van der Waals surface area contributed by atoms with E-state index in [1.165, 1.54) is 11.5 Å². The van der Waals surface area contributed by atoms with Crippen LogP contribution >= 0.6 is 11.5 Å². The van der Waals surface area contributed by atoms with Gasteiger partial charge < -0.3 is 0 Å². The molecule has 0 saturated carbocycles. The molecule has 0 radical (unpaired) electrons. The average Bonchev–Trinajstić information content (AvgIpc) is 2.14. The van der Waals surface area contributed by atoms with Gasteiger partial charge in [0.2, 0.25) is 0 Å². The molecule has 1 rings (SSSR count). The van der Waals surface area contributed by atoms with Gasteiger partial charge in [-0.2, -0.15) is 4.37 Å². The van der Waals surface area contributed by atoms with E-state index < -0.39 is 0 Å². The molecule has 0 fully saturated rings. The molecule has 0 aliphatic heterocycles. The highest BCUT2D eigenvalue weighted by atomic mass is 32.1. The van der Waals surface area contributed by atoms with Gasteiger partial charge in [0.25, 0.3) is 0 Å². The molecule has 34 valence electrons. The van der Waals surface area contributed by atoms with Gasteiger partial charge >= 0.3 is 0 Å². The van der Waals surface area contributed by atoms with Crippen LogP contribution in [0.3, 0.4) is 0 Å². The quantitative estimate of drug-likeness (QED) is 0.455. The summed E-state index contributed by atoms with van der Waals surface area (Å²) in [7, 11) is 0. The number of aromatic nitrogens is 1. The summed E-state index contributed by atoms with van der Waals surface area (Å²) in [6.45, 7) is 0. The molecule has 1 aromatic heterocycles. The highest BCUT2D eigenvalue weighted by molar-refractivity contribution is 7.03. The van der Waals surface area contributed by atoms with Gasteiger partial charge in [-0.1, -0.05) is 5.92 Å². The van der Waals surface area contributed by atoms with E-state index in [1.54, 1.807) is 6.20 Å². The van der Waals surface area contributed by atoms with Crippen molar-refractivity contribution in [3.63, 3.8) is 0 Å². The van der Waals surface area contributed by atoms with Crippen LogP contribution < -0.4 is 0 Å². The smallest absolute Gasteiger partial charge is 0.0563 e. The molecule has 0 atom stereocenters. The molecule has 0 amide bonds. The maximum Gasteiger partial charge on any atom is 0.0563 e. The van der Waals surface area contributed by atoms with E-state index in [9.17, 15) is 0 Å². The fourth-order valence-electron chi connectivity index (χ4n) is 0.276. The van der Waals surface area contributed by atoms with Crippen molar-refractivity contribution < 1.29 is 0 Å².